The predicted octanol–water partition coefficient (Wildman–Crippen LogP) is 1.44. The predicted molar refractivity (Wildman–Crippen MR) is 70.3 cm³/mol. The van der Waals surface area contributed by atoms with E-state index in [-0.39, 0.29) is 23.9 Å². The van der Waals surface area contributed by atoms with Crippen LogP contribution in [0, 0.1) is 11.8 Å². The normalized spacial score (nSPS) is 36.7. The van der Waals surface area contributed by atoms with Gasteiger partial charge >= 0.3 is 0 Å². The van der Waals surface area contributed by atoms with Gasteiger partial charge in [-0.1, -0.05) is 12.8 Å². The first-order valence-electron chi connectivity index (χ1n) is 7.88. The number of rotatable bonds is 3. The second-order valence-corrected chi connectivity index (χ2v) is 6.79. The molecule has 19 heavy (non-hydrogen) atoms. The van der Waals surface area contributed by atoms with E-state index in [0.717, 1.165) is 38.5 Å². The van der Waals surface area contributed by atoms with Crippen molar-refractivity contribution in [3.8, 4) is 0 Å². The molecule has 2 unspecified atom stereocenters. The highest BCUT2D eigenvalue weighted by atomic mass is 16.2. The minimum atomic E-state index is -0.205. The van der Waals surface area contributed by atoms with Gasteiger partial charge < -0.3 is 10.2 Å². The fraction of sp³-hybridized carbons (Fsp3) is 0.867. The van der Waals surface area contributed by atoms with Crippen LogP contribution in [0.5, 0.6) is 0 Å². The molecule has 4 fully saturated rings. The average molecular weight is 262 g/mol. The Kier molecular flexibility index (Phi) is 2.61. The van der Waals surface area contributed by atoms with Gasteiger partial charge in [-0.25, -0.2) is 0 Å². The monoisotopic (exact) mass is 262 g/mol. The summed E-state index contributed by atoms with van der Waals surface area (Å²) in [4.78, 5) is 27.2. The lowest BCUT2D eigenvalue weighted by Crippen LogP contribution is -2.66. The molecule has 1 aliphatic heterocycles. The maximum absolute atomic E-state index is 12.8. The van der Waals surface area contributed by atoms with E-state index in [1.807, 2.05) is 4.90 Å². The van der Waals surface area contributed by atoms with Crippen molar-refractivity contribution in [2.24, 2.45) is 11.8 Å². The standard InChI is InChI=1S/C15H22N2O2/c18-14-13(10-7-8-10)17(11-3-1-2-4-11)15(19)12(16-14)9-5-6-9/h9-13H,1-8H2,(H,16,18). The lowest BCUT2D eigenvalue weighted by molar-refractivity contribution is -0.153. The van der Waals surface area contributed by atoms with Gasteiger partial charge in [0.15, 0.2) is 0 Å². The molecule has 0 aromatic rings. The molecular formula is C15H22N2O2. The Morgan fingerprint density at radius 1 is 0.895 bits per heavy atom. The fourth-order valence-corrected chi connectivity index (χ4v) is 3.92. The smallest absolute Gasteiger partial charge is 0.246 e. The number of carbonyl (C=O) groups is 2. The SMILES string of the molecule is O=C1NC(C2CC2)C(=O)N(C2CCCC2)C1C1CC1. The lowest BCUT2D eigenvalue weighted by Gasteiger charge is -2.43. The van der Waals surface area contributed by atoms with Gasteiger partial charge in [0, 0.05) is 6.04 Å². The zero-order valence-corrected chi connectivity index (χ0v) is 11.3. The molecule has 0 bridgehead atoms. The summed E-state index contributed by atoms with van der Waals surface area (Å²) >= 11 is 0. The number of carbonyl (C=O) groups excluding carboxylic acids is 2. The van der Waals surface area contributed by atoms with E-state index < -0.39 is 0 Å². The minimum absolute atomic E-state index is 0.130. The Morgan fingerprint density at radius 2 is 1.53 bits per heavy atom. The van der Waals surface area contributed by atoms with E-state index in [0.29, 0.717) is 17.9 Å². The quantitative estimate of drug-likeness (QED) is 0.837. The van der Waals surface area contributed by atoms with Gasteiger partial charge in [0.1, 0.15) is 12.1 Å². The molecule has 0 aromatic carbocycles. The second kappa shape index (κ2) is 4.22. The highest BCUT2D eigenvalue weighted by molar-refractivity contribution is 5.98. The molecule has 3 aliphatic carbocycles. The first-order chi connectivity index (χ1) is 9.25. The Hall–Kier alpha value is -1.06. The van der Waals surface area contributed by atoms with Gasteiger partial charge in [-0.3, -0.25) is 9.59 Å². The zero-order valence-electron chi connectivity index (χ0n) is 11.3. The van der Waals surface area contributed by atoms with Gasteiger partial charge in [0.25, 0.3) is 0 Å². The number of nitrogens with zero attached hydrogens (tertiary/aromatic N) is 1. The molecule has 104 valence electrons. The van der Waals surface area contributed by atoms with E-state index in [9.17, 15) is 9.59 Å². The van der Waals surface area contributed by atoms with E-state index >= 15 is 0 Å². The fourth-order valence-electron chi connectivity index (χ4n) is 3.92. The lowest BCUT2D eigenvalue weighted by atomic mass is 9.97. The van der Waals surface area contributed by atoms with Crippen LogP contribution < -0.4 is 5.32 Å². The van der Waals surface area contributed by atoms with Crippen LogP contribution in [0.2, 0.25) is 0 Å². The van der Waals surface area contributed by atoms with Crippen LogP contribution in [0.25, 0.3) is 0 Å². The molecule has 4 heteroatoms. The van der Waals surface area contributed by atoms with Crippen molar-refractivity contribution < 1.29 is 9.59 Å². The average Bonchev–Trinajstić information content (AvgIpc) is 3.31. The highest BCUT2D eigenvalue weighted by Crippen LogP contribution is 2.42. The van der Waals surface area contributed by atoms with Gasteiger partial charge in [0.05, 0.1) is 0 Å². The summed E-state index contributed by atoms with van der Waals surface area (Å²) < 4.78 is 0. The molecule has 0 aromatic heterocycles. The third kappa shape index (κ3) is 1.96. The molecule has 2 atom stereocenters. The van der Waals surface area contributed by atoms with E-state index in [4.69, 9.17) is 0 Å². The zero-order chi connectivity index (χ0) is 13.0. The van der Waals surface area contributed by atoms with Crippen molar-refractivity contribution in [1.29, 1.82) is 0 Å². The van der Waals surface area contributed by atoms with Crippen molar-refractivity contribution >= 4 is 11.8 Å². The maximum atomic E-state index is 12.8. The van der Waals surface area contributed by atoms with Crippen LogP contribution in [0.4, 0.5) is 0 Å². The summed E-state index contributed by atoms with van der Waals surface area (Å²) in [6, 6.07) is -0.0147. The number of hydrogen-bond acceptors (Lipinski definition) is 2. The van der Waals surface area contributed by atoms with Crippen molar-refractivity contribution in [2.75, 3.05) is 0 Å². The number of nitrogens with one attached hydrogen (secondary N) is 1. The molecule has 1 saturated heterocycles. The molecule has 2 amide bonds. The van der Waals surface area contributed by atoms with Gasteiger partial charge in [-0.15, -0.1) is 0 Å². The molecule has 1 heterocycles. The summed E-state index contributed by atoms with van der Waals surface area (Å²) in [6.07, 6.45) is 9.04. The minimum Gasteiger partial charge on any atom is -0.342 e. The number of amides is 2. The van der Waals surface area contributed by atoms with Crippen molar-refractivity contribution in [1.82, 2.24) is 10.2 Å². The topological polar surface area (TPSA) is 49.4 Å². The molecule has 4 nitrogen and oxygen atoms in total. The molecule has 0 radical (unpaired) electrons. The third-order valence-corrected chi connectivity index (χ3v) is 5.27. The molecule has 0 spiro atoms. The summed E-state index contributed by atoms with van der Waals surface area (Å²) in [5.74, 6) is 1.21. The molecule has 1 N–H and O–H groups in total. The molecule has 3 saturated carbocycles. The van der Waals surface area contributed by atoms with Crippen molar-refractivity contribution in [2.45, 2.75) is 69.5 Å². The van der Waals surface area contributed by atoms with Gasteiger partial charge in [-0.05, 0) is 50.4 Å². The first kappa shape index (κ1) is 11.7. The summed E-state index contributed by atoms with van der Waals surface area (Å²) in [5.41, 5.74) is 0. The molecular weight excluding hydrogens is 240 g/mol. The van der Waals surface area contributed by atoms with E-state index in [1.165, 1.54) is 12.8 Å². The van der Waals surface area contributed by atoms with Crippen molar-refractivity contribution in [3.05, 3.63) is 0 Å². The van der Waals surface area contributed by atoms with Gasteiger partial charge in [-0.2, -0.15) is 0 Å². The van der Waals surface area contributed by atoms with Crippen LogP contribution in [0.1, 0.15) is 51.4 Å². The maximum Gasteiger partial charge on any atom is 0.246 e. The van der Waals surface area contributed by atoms with Crippen LogP contribution in [-0.2, 0) is 9.59 Å². The van der Waals surface area contributed by atoms with Crippen LogP contribution in [0.15, 0.2) is 0 Å². The number of piperazine rings is 1. The molecule has 4 rings (SSSR count). The van der Waals surface area contributed by atoms with E-state index in [1.54, 1.807) is 0 Å². The Bertz CT molecular complexity index is 408. The van der Waals surface area contributed by atoms with Crippen LogP contribution in [0.3, 0.4) is 0 Å². The van der Waals surface area contributed by atoms with E-state index in [2.05, 4.69) is 5.32 Å². The van der Waals surface area contributed by atoms with Crippen LogP contribution in [-0.4, -0.2) is 34.8 Å². The van der Waals surface area contributed by atoms with Crippen molar-refractivity contribution in [3.63, 3.8) is 0 Å². The Balaban J connectivity index is 1.62. The van der Waals surface area contributed by atoms with Gasteiger partial charge in [0.2, 0.25) is 11.8 Å². The van der Waals surface area contributed by atoms with Crippen LogP contribution >= 0.6 is 0 Å². The third-order valence-electron chi connectivity index (χ3n) is 5.27. The second-order valence-electron chi connectivity index (χ2n) is 6.79. The first-order valence-corrected chi connectivity index (χ1v) is 7.88. The Morgan fingerprint density at radius 3 is 2.11 bits per heavy atom. The largest absolute Gasteiger partial charge is 0.342 e. The summed E-state index contributed by atoms with van der Waals surface area (Å²) in [5, 5.41) is 3.02. The summed E-state index contributed by atoms with van der Waals surface area (Å²) in [6.45, 7) is 0. The molecule has 4 aliphatic rings. The summed E-state index contributed by atoms with van der Waals surface area (Å²) in [7, 11) is 0. The highest BCUT2D eigenvalue weighted by Gasteiger charge is 2.53. The number of hydrogen-bond donors (Lipinski definition) is 1. The Labute approximate surface area is 113 Å².